The third kappa shape index (κ3) is 9.94. The van der Waals surface area contributed by atoms with E-state index in [4.69, 9.17) is 18.9 Å². The third-order valence-electron chi connectivity index (χ3n) is 7.81. The number of methoxy groups -OCH3 is 2. The molecule has 1 N–H and O–H groups in total. The van der Waals surface area contributed by atoms with Crippen LogP contribution in [0.25, 0.3) is 10.8 Å². The number of rotatable bonds is 13. The van der Waals surface area contributed by atoms with Gasteiger partial charge in [-0.25, -0.2) is 4.79 Å². The Morgan fingerprint density at radius 2 is 1.56 bits per heavy atom. The molecule has 1 aliphatic rings. The fraction of sp³-hybridized carbons (Fsp3) is 0.472. The van der Waals surface area contributed by atoms with Gasteiger partial charge in [-0.3, -0.25) is 9.59 Å². The van der Waals surface area contributed by atoms with Gasteiger partial charge in [-0.05, 0) is 85.8 Å². The van der Waals surface area contributed by atoms with Gasteiger partial charge in [0.2, 0.25) is 11.8 Å². The highest BCUT2D eigenvalue weighted by Gasteiger charge is 2.33. The summed E-state index contributed by atoms with van der Waals surface area (Å²) in [5.74, 6) is 0.427. The maximum atomic E-state index is 14.1. The van der Waals surface area contributed by atoms with E-state index in [0.717, 1.165) is 42.0 Å². The number of fused-ring (bicyclic) bond motifs is 1. The first-order chi connectivity index (χ1) is 21.6. The summed E-state index contributed by atoms with van der Waals surface area (Å²) in [7, 11) is 3.19. The molecule has 0 spiro atoms. The zero-order valence-corrected chi connectivity index (χ0v) is 27.1. The predicted octanol–water partition coefficient (Wildman–Crippen LogP) is 5.78. The molecular formula is C36H46N2O7. The number of ether oxygens (including phenoxy) is 4. The van der Waals surface area contributed by atoms with Crippen molar-refractivity contribution < 1.29 is 33.3 Å². The first-order valence-corrected chi connectivity index (χ1v) is 15.7. The molecule has 242 valence electrons. The van der Waals surface area contributed by atoms with Gasteiger partial charge in [-0.15, -0.1) is 0 Å². The first-order valence-electron chi connectivity index (χ1n) is 15.7. The van der Waals surface area contributed by atoms with Gasteiger partial charge in [0.25, 0.3) is 0 Å². The minimum atomic E-state index is -0.847. The molecule has 9 nitrogen and oxygen atoms in total. The molecule has 9 heteroatoms. The summed E-state index contributed by atoms with van der Waals surface area (Å²) in [6, 6.07) is 17.9. The number of nitrogens with one attached hydrogen (secondary N) is 1. The van der Waals surface area contributed by atoms with Crippen LogP contribution in [0.1, 0.15) is 70.0 Å². The maximum Gasteiger partial charge on any atom is 0.344 e. The molecule has 45 heavy (non-hydrogen) atoms. The number of amides is 2. The van der Waals surface area contributed by atoms with Crippen LogP contribution in [0.4, 0.5) is 0 Å². The van der Waals surface area contributed by atoms with Gasteiger partial charge in [-0.1, -0.05) is 49.6 Å². The predicted molar refractivity (Wildman–Crippen MR) is 173 cm³/mol. The topological polar surface area (TPSA) is 103 Å². The van der Waals surface area contributed by atoms with E-state index in [1.807, 2.05) is 75.4 Å². The molecule has 1 atom stereocenters. The zero-order valence-electron chi connectivity index (χ0n) is 27.1. The summed E-state index contributed by atoms with van der Waals surface area (Å²) in [5, 5.41) is 5.01. The Hall–Kier alpha value is -4.11. The summed E-state index contributed by atoms with van der Waals surface area (Å²) in [6.45, 7) is 5.77. The standard InChI is InChI=1S/C36H46N2O7/c1-36(2,3)45-33(40)24-44-31-18-15-26-22-28(14-13-27(26)23-31)34(35(41)37-29-9-7-6-8-10-29)38(19-20-42-4)32(39)21-25-11-16-30(43-5)17-12-25/h11-18,22-23,29,34H,6-10,19-21,24H2,1-5H3,(H,37,41). The second kappa shape index (κ2) is 15.8. The zero-order chi connectivity index (χ0) is 32.4. The molecule has 0 radical (unpaired) electrons. The Labute approximate surface area is 266 Å². The van der Waals surface area contributed by atoms with Crippen LogP contribution in [0.15, 0.2) is 60.7 Å². The van der Waals surface area contributed by atoms with Crippen molar-refractivity contribution in [3.05, 3.63) is 71.8 Å². The third-order valence-corrected chi connectivity index (χ3v) is 7.81. The van der Waals surface area contributed by atoms with Crippen molar-refractivity contribution in [3.8, 4) is 11.5 Å². The average Bonchev–Trinajstić information content (AvgIpc) is 3.01. The lowest BCUT2D eigenvalue weighted by Crippen LogP contribution is -2.48. The van der Waals surface area contributed by atoms with Crippen LogP contribution in [-0.2, 0) is 30.3 Å². The second-order valence-electron chi connectivity index (χ2n) is 12.5. The van der Waals surface area contributed by atoms with Crippen molar-refractivity contribution in [2.75, 3.05) is 34.0 Å². The normalized spacial score (nSPS) is 14.4. The molecule has 3 aromatic carbocycles. The minimum Gasteiger partial charge on any atom is -0.497 e. The van der Waals surface area contributed by atoms with Gasteiger partial charge >= 0.3 is 5.97 Å². The summed E-state index contributed by atoms with van der Waals surface area (Å²) < 4.78 is 21.7. The van der Waals surface area contributed by atoms with Crippen LogP contribution < -0.4 is 14.8 Å². The van der Waals surface area contributed by atoms with Gasteiger partial charge in [-0.2, -0.15) is 0 Å². The molecule has 3 aromatic rings. The van der Waals surface area contributed by atoms with E-state index >= 15 is 0 Å². The smallest absolute Gasteiger partial charge is 0.344 e. The highest BCUT2D eigenvalue weighted by molar-refractivity contribution is 5.92. The monoisotopic (exact) mass is 618 g/mol. The highest BCUT2D eigenvalue weighted by atomic mass is 16.6. The Balaban J connectivity index is 1.62. The van der Waals surface area contributed by atoms with E-state index in [-0.39, 0.29) is 44.0 Å². The van der Waals surface area contributed by atoms with Crippen LogP contribution in [0.5, 0.6) is 11.5 Å². The van der Waals surface area contributed by atoms with E-state index in [1.165, 1.54) is 6.42 Å². The summed E-state index contributed by atoms with van der Waals surface area (Å²) in [6.07, 6.45) is 5.32. The van der Waals surface area contributed by atoms with Crippen molar-refractivity contribution in [2.24, 2.45) is 0 Å². The van der Waals surface area contributed by atoms with Gasteiger partial charge in [0, 0.05) is 19.7 Å². The lowest BCUT2D eigenvalue weighted by Gasteiger charge is -2.33. The molecule has 0 aromatic heterocycles. The fourth-order valence-electron chi connectivity index (χ4n) is 5.62. The van der Waals surface area contributed by atoms with Crippen LogP contribution in [0.2, 0.25) is 0 Å². The molecule has 1 unspecified atom stereocenters. The van der Waals surface area contributed by atoms with Crippen LogP contribution in [0.3, 0.4) is 0 Å². The molecular weight excluding hydrogens is 572 g/mol. The Morgan fingerprint density at radius 3 is 2.22 bits per heavy atom. The van der Waals surface area contributed by atoms with Crippen LogP contribution in [-0.4, -0.2) is 68.3 Å². The van der Waals surface area contributed by atoms with Gasteiger partial charge in [0.05, 0.1) is 20.1 Å². The Bertz CT molecular complexity index is 1440. The van der Waals surface area contributed by atoms with Crippen molar-refractivity contribution in [2.45, 2.75) is 77.0 Å². The molecule has 0 bridgehead atoms. The molecule has 4 rings (SSSR count). The molecule has 0 saturated heterocycles. The Morgan fingerprint density at radius 1 is 0.889 bits per heavy atom. The van der Waals surface area contributed by atoms with E-state index in [1.54, 1.807) is 25.2 Å². The minimum absolute atomic E-state index is 0.0832. The van der Waals surface area contributed by atoms with E-state index < -0.39 is 17.6 Å². The molecule has 0 heterocycles. The number of hydrogen-bond donors (Lipinski definition) is 1. The van der Waals surface area contributed by atoms with E-state index in [2.05, 4.69) is 5.32 Å². The second-order valence-corrected chi connectivity index (χ2v) is 12.5. The van der Waals surface area contributed by atoms with Gasteiger partial charge < -0.3 is 29.2 Å². The molecule has 0 aliphatic heterocycles. The van der Waals surface area contributed by atoms with Gasteiger partial charge in [0.15, 0.2) is 6.61 Å². The maximum absolute atomic E-state index is 14.1. The van der Waals surface area contributed by atoms with Crippen LogP contribution in [0, 0.1) is 0 Å². The van der Waals surface area contributed by atoms with Crippen molar-refractivity contribution in [3.63, 3.8) is 0 Å². The number of carbonyl (C=O) groups excluding carboxylic acids is 3. The number of esters is 1. The fourth-order valence-corrected chi connectivity index (χ4v) is 5.62. The lowest BCUT2D eigenvalue weighted by molar-refractivity contribution is -0.157. The molecule has 1 saturated carbocycles. The van der Waals surface area contributed by atoms with Crippen molar-refractivity contribution in [1.82, 2.24) is 10.2 Å². The van der Waals surface area contributed by atoms with Gasteiger partial charge in [0.1, 0.15) is 23.1 Å². The molecule has 1 aliphatic carbocycles. The van der Waals surface area contributed by atoms with Crippen molar-refractivity contribution >= 4 is 28.6 Å². The number of benzene rings is 3. The van der Waals surface area contributed by atoms with E-state index in [9.17, 15) is 14.4 Å². The molecule has 2 amide bonds. The van der Waals surface area contributed by atoms with Crippen LogP contribution >= 0.6 is 0 Å². The first kappa shape index (κ1) is 33.8. The number of nitrogens with zero attached hydrogens (tertiary/aromatic N) is 1. The average molecular weight is 619 g/mol. The Kier molecular flexibility index (Phi) is 11.8. The summed E-state index contributed by atoms with van der Waals surface area (Å²) >= 11 is 0. The van der Waals surface area contributed by atoms with Crippen molar-refractivity contribution in [1.29, 1.82) is 0 Å². The summed E-state index contributed by atoms with van der Waals surface area (Å²) in [5.41, 5.74) is 0.942. The van der Waals surface area contributed by atoms with E-state index in [0.29, 0.717) is 17.1 Å². The highest BCUT2D eigenvalue weighted by Crippen LogP contribution is 2.29. The summed E-state index contributed by atoms with van der Waals surface area (Å²) in [4.78, 5) is 41.7. The number of hydrogen-bond acceptors (Lipinski definition) is 7. The lowest BCUT2D eigenvalue weighted by atomic mass is 9.94. The number of carbonyl (C=O) groups is 3. The quantitative estimate of drug-likeness (QED) is 0.242. The molecule has 1 fully saturated rings. The SMILES string of the molecule is COCCN(C(=O)Cc1ccc(OC)cc1)C(C(=O)NC1CCCCC1)c1ccc2cc(OCC(=O)OC(C)(C)C)ccc2c1. The largest absolute Gasteiger partial charge is 0.497 e.